The fourth-order valence-electron chi connectivity index (χ4n) is 1.25. The highest BCUT2D eigenvalue weighted by molar-refractivity contribution is 5.75. The van der Waals surface area contributed by atoms with Crippen molar-refractivity contribution in [2.45, 2.75) is 72.1 Å². The standard InChI is InChI=1S/C7H14O2.C7H14O/c1-3-4-5-6-7(8)9-2;1-3-4-5-6-7(2)8/h3-6H2,1-2H3;3-6H2,1-2H3. The molecule has 0 unspecified atom stereocenters. The predicted octanol–water partition coefficient (Wildman–Crippen LogP) is 3.90. The van der Waals surface area contributed by atoms with Crippen LogP contribution in [0.1, 0.15) is 72.1 Å². The molecule has 0 aromatic carbocycles. The average Bonchev–Trinajstić information content (AvgIpc) is 2.30. The van der Waals surface area contributed by atoms with Crippen LogP contribution in [0.25, 0.3) is 0 Å². The van der Waals surface area contributed by atoms with Crippen LogP contribution >= 0.6 is 0 Å². The molecule has 0 rings (SSSR count). The molecule has 0 atom stereocenters. The zero-order chi connectivity index (χ0) is 13.5. The number of carbonyl (C=O) groups is 2. The topological polar surface area (TPSA) is 43.4 Å². The molecule has 0 aliphatic heterocycles. The first-order valence-corrected chi connectivity index (χ1v) is 6.64. The number of ketones is 1. The third-order valence-electron chi connectivity index (χ3n) is 2.34. The molecule has 0 N–H and O–H groups in total. The lowest BCUT2D eigenvalue weighted by molar-refractivity contribution is -0.140. The smallest absolute Gasteiger partial charge is 0.305 e. The zero-order valence-electron chi connectivity index (χ0n) is 11.9. The lowest BCUT2D eigenvalue weighted by atomic mass is 10.2. The van der Waals surface area contributed by atoms with Crippen molar-refractivity contribution in [1.29, 1.82) is 0 Å². The summed E-state index contributed by atoms with van der Waals surface area (Å²) in [5.41, 5.74) is 0. The van der Waals surface area contributed by atoms with Crippen LogP contribution in [-0.2, 0) is 14.3 Å². The van der Waals surface area contributed by atoms with E-state index in [2.05, 4.69) is 18.6 Å². The van der Waals surface area contributed by atoms with Crippen molar-refractivity contribution in [3.8, 4) is 0 Å². The summed E-state index contributed by atoms with van der Waals surface area (Å²) in [6, 6.07) is 0. The van der Waals surface area contributed by atoms with Crippen LogP contribution in [0.3, 0.4) is 0 Å². The number of rotatable bonds is 8. The molecule has 0 radical (unpaired) electrons. The van der Waals surface area contributed by atoms with E-state index in [0.29, 0.717) is 12.2 Å². The second-order valence-electron chi connectivity index (χ2n) is 4.19. The third kappa shape index (κ3) is 21.1. The minimum atomic E-state index is -0.0940. The second kappa shape index (κ2) is 15.1. The molecule has 0 heterocycles. The van der Waals surface area contributed by atoms with E-state index < -0.39 is 0 Å². The summed E-state index contributed by atoms with van der Waals surface area (Å²) >= 11 is 0. The molecule has 0 aromatic rings. The van der Waals surface area contributed by atoms with Gasteiger partial charge in [0.25, 0.3) is 0 Å². The van der Waals surface area contributed by atoms with Gasteiger partial charge in [0.15, 0.2) is 0 Å². The highest BCUT2D eigenvalue weighted by Gasteiger charge is 1.96. The maximum absolute atomic E-state index is 10.5. The van der Waals surface area contributed by atoms with E-state index in [0.717, 1.165) is 32.1 Å². The van der Waals surface area contributed by atoms with Crippen LogP contribution in [0.5, 0.6) is 0 Å². The van der Waals surface area contributed by atoms with Gasteiger partial charge in [-0.1, -0.05) is 39.5 Å². The number of ether oxygens (including phenoxy) is 1. The van der Waals surface area contributed by atoms with Crippen molar-refractivity contribution < 1.29 is 14.3 Å². The van der Waals surface area contributed by atoms with Crippen LogP contribution < -0.4 is 0 Å². The minimum Gasteiger partial charge on any atom is -0.469 e. The Hall–Kier alpha value is -0.860. The molecule has 0 amide bonds. The van der Waals surface area contributed by atoms with Gasteiger partial charge in [0.1, 0.15) is 5.78 Å². The summed E-state index contributed by atoms with van der Waals surface area (Å²) in [6.45, 7) is 5.90. The molecule has 0 spiro atoms. The van der Waals surface area contributed by atoms with E-state index in [-0.39, 0.29) is 5.97 Å². The van der Waals surface area contributed by atoms with Crippen molar-refractivity contribution in [2.24, 2.45) is 0 Å². The average molecular weight is 244 g/mol. The van der Waals surface area contributed by atoms with Crippen LogP contribution in [0.4, 0.5) is 0 Å². The van der Waals surface area contributed by atoms with Crippen LogP contribution in [0.2, 0.25) is 0 Å². The normalized spacial score (nSPS) is 9.18. The van der Waals surface area contributed by atoms with Gasteiger partial charge in [-0.05, 0) is 19.8 Å². The maximum Gasteiger partial charge on any atom is 0.305 e. The number of hydrogen-bond acceptors (Lipinski definition) is 3. The van der Waals surface area contributed by atoms with Gasteiger partial charge in [-0.25, -0.2) is 0 Å². The summed E-state index contributed by atoms with van der Waals surface area (Å²) < 4.78 is 4.46. The largest absolute Gasteiger partial charge is 0.469 e. The fraction of sp³-hybridized carbons (Fsp3) is 0.857. The summed E-state index contributed by atoms with van der Waals surface area (Å²) in [4.78, 5) is 20.8. The van der Waals surface area contributed by atoms with Gasteiger partial charge in [0, 0.05) is 12.8 Å². The lowest BCUT2D eigenvalue weighted by Gasteiger charge is -1.95. The fourth-order valence-corrected chi connectivity index (χ4v) is 1.25. The number of hydrogen-bond donors (Lipinski definition) is 0. The number of carbonyl (C=O) groups excluding carboxylic acids is 2. The number of unbranched alkanes of at least 4 members (excludes halogenated alkanes) is 4. The van der Waals surface area contributed by atoms with Gasteiger partial charge >= 0.3 is 5.97 Å². The molecule has 0 saturated carbocycles. The van der Waals surface area contributed by atoms with Gasteiger partial charge in [0.05, 0.1) is 7.11 Å². The second-order valence-corrected chi connectivity index (χ2v) is 4.19. The Bertz CT molecular complexity index is 188. The van der Waals surface area contributed by atoms with Crippen molar-refractivity contribution >= 4 is 11.8 Å². The minimum absolute atomic E-state index is 0.0940. The van der Waals surface area contributed by atoms with E-state index in [1.807, 2.05) is 0 Å². The van der Waals surface area contributed by atoms with Gasteiger partial charge in [-0.2, -0.15) is 0 Å². The van der Waals surface area contributed by atoms with E-state index in [9.17, 15) is 9.59 Å². The first-order chi connectivity index (χ1) is 8.08. The lowest BCUT2D eigenvalue weighted by Crippen LogP contribution is -1.98. The number of methoxy groups -OCH3 is 1. The highest BCUT2D eigenvalue weighted by atomic mass is 16.5. The molecule has 102 valence electrons. The summed E-state index contributed by atoms with van der Waals surface area (Å²) in [5.74, 6) is 0.224. The van der Waals surface area contributed by atoms with Crippen LogP contribution in [-0.4, -0.2) is 18.9 Å². The van der Waals surface area contributed by atoms with Crippen LogP contribution in [0.15, 0.2) is 0 Å². The van der Waals surface area contributed by atoms with Gasteiger partial charge in [-0.15, -0.1) is 0 Å². The molecular weight excluding hydrogens is 216 g/mol. The van der Waals surface area contributed by atoms with Gasteiger partial charge < -0.3 is 9.53 Å². The van der Waals surface area contributed by atoms with E-state index >= 15 is 0 Å². The summed E-state index contributed by atoms with van der Waals surface area (Å²) in [5, 5.41) is 0. The van der Waals surface area contributed by atoms with Crippen LogP contribution in [0, 0.1) is 0 Å². The Morgan fingerprint density at radius 2 is 1.35 bits per heavy atom. The molecule has 0 aliphatic rings. The monoisotopic (exact) mass is 244 g/mol. The Kier molecular flexibility index (Phi) is 16.5. The molecule has 0 saturated heterocycles. The maximum atomic E-state index is 10.5. The first kappa shape index (κ1) is 18.5. The Morgan fingerprint density at radius 3 is 1.71 bits per heavy atom. The van der Waals surface area contributed by atoms with E-state index in [1.165, 1.54) is 20.0 Å². The zero-order valence-corrected chi connectivity index (χ0v) is 11.9. The summed E-state index contributed by atoms with van der Waals surface area (Å²) in [6.07, 6.45) is 8.05. The van der Waals surface area contributed by atoms with E-state index in [4.69, 9.17) is 0 Å². The Balaban J connectivity index is 0. The predicted molar refractivity (Wildman–Crippen MR) is 71.0 cm³/mol. The molecule has 0 aliphatic carbocycles. The van der Waals surface area contributed by atoms with Crippen molar-refractivity contribution in [1.82, 2.24) is 0 Å². The van der Waals surface area contributed by atoms with Crippen molar-refractivity contribution in [2.75, 3.05) is 7.11 Å². The van der Waals surface area contributed by atoms with Gasteiger partial charge in [0.2, 0.25) is 0 Å². The molecule has 0 aromatic heterocycles. The molecular formula is C14H28O3. The Labute approximate surface area is 106 Å². The molecule has 3 heteroatoms. The van der Waals surface area contributed by atoms with Crippen molar-refractivity contribution in [3.63, 3.8) is 0 Å². The first-order valence-electron chi connectivity index (χ1n) is 6.64. The SMILES string of the molecule is CCCCCC(=O)OC.CCCCCC(C)=O. The van der Waals surface area contributed by atoms with E-state index in [1.54, 1.807) is 6.92 Å². The molecule has 17 heavy (non-hydrogen) atoms. The van der Waals surface area contributed by atoms with Crippen molar-refractivity contribution in [3.05, 3.63) is 0 Å². The number of esters is 1. The van der Waals surface area contributed by atoms with Gasteiger partial charge in [-0.3, -0.25) is 4.79 Å². The molecule has 3 nitrogen and oxygen atoms in total. The summed E-state index contributed by atoms with van der Waals surface area (Å²) in [7, 11) is 1.42. The quantitative estimate of drug-likeness (QED) is 0.480. The highest BCUT2D eigenvalue weighted by Crippen LogP contribution is 1.99. The Morgan fingerprint density at radius 1 is 0.882 bits per heavy atom. The number of Topliss-reactive ketones (excluding diaryl/α,β-unsaturated/α-hetero) is 1. The third-order valence-corrected chi connectivity index (χ3v) is 2.34. The molecule has 0 fully saturated rings. The molecule has 0 bridgehead atoms.